The van der Waals surface area contributed by atoms with Crippen molar-refractivity contribution in [3.8, 4) is 5.75 Å². The smallest absolute Gasteiger partial charge is 0.191 e. The highest BCUT2D eigenvalue weighted by atomic mass is 127. The quantitative estimate of drug-likeness (QED) is 0.233. The van der Waals surface area contributed by atoms with Crippen LogP contribution in [-0.2, 0) is 24.3 Å². The third-order valence-electron chi connectivity index (χ3n) is 4.37. The number of benzene rings is 1. The Kier molecular flexibility index (Phi) is 9.69. The topological polar surface area (TPSA) is 85.6 Å². The minimum Gasteiger partial charge on any atom is -0.489 e. The normalized spacial score (nSPS) is 15.9. The van der Waals surface area contributed by atoms with Crippen molar-refractivity contribution in [2.75, 3.05) is 26.8 Å². The van der Waals surface area contributed by atoms with Crippen molar-refractivity contribution in [1.82, 2.24) is 25.4 Å². The molecule has 2 aromatic rings. The fourth-order valence-electron chi connectivity index (χ4n) is 3.09. The summed E-state index contributed by atoms with van der Waals surface area (Å²) >= 11 is 0. The molecule has 2 heterocycles. The molecule has 0 saturated heterocycles. The molecule has 0 spiro atoms. The fourth-order valence-corrected chi connectivity index (χ4v) is 3.09. The Hall–Kier alpha value is -2.02. The zero-order valence-electron chi connectivity index (χ0n) is 17.0. The second kappa shape index (κ2) is 12.0. The van der Waals surface area contributed by atoms with Gasteiger partial charge in [0, 0.05) is 32.2 Å². The second-order valence-corrected chi connectivity index (χ2v) is 6.62. The largest absolute Gasteiger partial charge is 0.489 e. The maximum Gasteiger partial charge on any atom is 0.191 e. The van der Waals surface area contributed by atoms with Crippen molar-refractivity contribution < 1.29 is 18.3 Å². The number of hydrogen-bond acceptors (Lipinski definition) is 5. The van der Waals surface area contributed by atoms with Crippen molar-refractivity contribution >= 4 is 29.9 Å². The van der Waals surface area contributed by atoms with Crippen molar-refractivity contribution in [2.45, 2.75) is 39.0 Å². The van der Waals surface area contributed by atoms with E-state index < -0.39 is 11.6 Å². The number of rotatable bonds is 8. The third-order valence-corrected chi connectivity index (χ3v) is 4.37. The number of aliphatic imine (C=N–C) groups is 1. The van der Waals surface area contributed by atoms with Gasteiger partial charge in [-0.25, -0.2) is 23.4 Å². The third kappa shape index (κ3) is 6.76. The summed E-state index contributed by atoms with van der Waals surface area (Å²) in [5.74, 6) is 0.959. The van der Waals surface area contributed by atoms with Gasteiger partial charge < -0.3 is 20.1 Å². The zero-order valence-corrected chi connectivity index (χ0v) is 19.4. The summed E-state index contributed by atoms with van der Waals surface area (Å²) in [5, 5.41) is 11.1. The summed E-state index contributed by atoms with van der Waals surface area (Å²) in [4.78, 5) is 8.94. The van der Waals surface area contributed by atoms with E-state index in [0.29, 0.717) is 38.0 Å². The molecule has 1 aromatic carbocycles. The minimum atomic E-state index is -0.724. The molecule has 1 atom stereocenters. The lowest BCUT2D eigenvalue weighted by atomic mass is 10.1. The monoisotopic (exact) mass is 536 g/mol. The second-order valence-electron chi connectivity index (χ2n) is 6.62. The zero-order chi connectivity index (χ0) is 20.6. The van der Waals surface area contributed by atoms with Crippen LogP contribution in [0, 0.1) is 11.6 Å². The van der Waals surface area contributed by atoms with Crippen LogP contribution in [0.4, 0.5) is 8.78 Å². The number of aromatic nitrogens is 3. The van der Waals surface area contributed by atoms with Gasteiger partial charge in [0.2, 0.25) is 0 Å². The average Bonchev–Trinajstić information content (AvgIpc) is 3.08. The standard InChI is InChI=1S/C19H26F2N6O2.HI/c1-3-22-19(23-8-9-29-16-6-4-13(20)10-15(16)21)24-14-5-7-18-25-17(12-28-2)26-27(18)11-14;/h4,6,10,14H,3,5,7-9,11-12H2,1-2H3,(H2,22,23,24);1H. The maximum atomic E-state index is 13.6. The Balaban J connectivity index is 0.00000320. The van der Waals surface area contributed by atoms with Gasteiger partial charge in [-0.05, 0) is 25.5 Å². The Morgan fingerprint density at radius 1 is 1.37 bits per heavy atom. The summed E-state index contributed by atoms with van der Waals surface area (Å²) in [6.45, 7) is 4.28. The first-order chi connectivity index (χ1) is 14.1. The summed E-state index contributed by atoms with van der Waals surface area (Å²) in [7, 11) is 1.62. The van der Waals surface area contributed by atoms with Crippen LogP contribution in [0.3, 0.4) is 0 Å². The van der Waals surface area contributed by atoms with Crippen LogP contribution in [0.15, 0.2) is 23.2 Å². The summed E-state index contributed by atoms with van der Waals surface area (Å²) in [5.41, 5.74) is 0. The van der Waals surface area contributed by atoms with Gasteiger partial charge in [-0.3, -0.25) is 0 Å². The number of hydrogen-bond donors (Lipinski definition) is 2. The van der Waals surface area contributed by atoms with E-state index in [2.05, 4.69) is 25.7 Å². The van der Waals surface area contributed by atoms with Crippen molar-refractivity contribution in [3.63, 3.8) is 0 Å². The van der Waals surface area contributed by atoms with E-state index in [4.69, 9.17) is 9.47 Å². The molecular weight excluding hydrogens is 509 g/mol. The van der Waals surface area contributed by atoms with E-state index in [9.17, 15) is 8.78 Å². The number of methoxy groups -OCH3 is 1. The lowest BCUT2D eigenvalue weighted by molar-refractivity contribution is 0.177. The molecule has 0 fully saturated rings. The van der Waals surface area contributed by atoms with E-state index in [1.54, 1.807) is 7.11 Å². The van der Waals surface area contributed by atoms with Gasteiger partial charge in [-0.1, -0.05) is 0 Å². The van der Waals surface area contributed by atoms with Gasteiger partial charge in [0.15, 0.2) is 23.4 Å². The number of nitrogens with zero attached hydrogens (tertiary/aromatic N) is 4. The van der Waals surface area contributed by atoms with Gasteiger partial charge in [0.05, 0.1) is 13.1 Å². The van der Waals surface area contributed by atoms with Crippen LogP contribution in [-0.4, -0.2) is 53.6 Å². The highest BCUT2D eigenvalue weighted by molar-refractivity contribution is 14.0. The molecule has 0 amide bonds. The van der Waals surface area contributed by atoms with Gasteiger partial charge in [0.1, 0.15) is 24.9 Å². The van der Waals surface area contributed by atoms with E-state index in [1.165, 1.54) is 6.07 Å². The predicted molar refractivity (Wildman–Crippen MR) is 119 cm³/mol. The molecule has 8 nitrogen and oxygen atoms in total. The highest BCUT2D eigenvalue weighted by Gasteiger charge is 2.22. The molecule has 3 rings (SSSR count). The SMILES string of the molecule is CCNC(=NCCOc1ccc(F)cc1F)NC1CCc2nc(COC)nn2C1.I. The maximum absolute atomic E-state index is 13.6. The number of guanidine groups is 1. The molecule has 0 aliphatic carbocycles. The van der Waals surface area contributed by atoms with E-state index in [0.717, 1.165) is 30.8 Å². The van der Waals surface area contributed by atoms with Gasteiger partial charge in [-0.15, -0.1) is 24.0 Å². The first kappa shape index (κ1) is 24.3. The number of ether oxygens (including phenoxy) is 2. The first-order valence-electron chi connectivity index (χ1n) is 9.63. The molecular formula is C19H27F2IN6O2. The van der Waals surface area contributed by atoms with Crippen LogP contribution >= 0.6 is 24.0 Å². The average molecular weight is 536 g/mol. The van der Waals surface area contributed by atoms with E-state index in [1.807, 2.05) is 11.6 Å². The summed E-state index contributed by atoms with van der Waals surface area (Å²) in [6.07, 6.45) is 1.73. The van der Waals surface area contributed by atoms with Gasteiger partial charge in [-0.2, -0.15) is 5.10 Å². The lowest BCUT2D eigenvalue weighted by Gasteiger charge is -2.25. The molecule has 1 unspecified atom stereocenters. The van der Waals surface area contributed by atoms with E-state index in [-0.39, 0.29) is 42.4 Å². The molecule has 0 saturated carbocycles. The Labute approximate surface area is 191 Å². The molecule has 0 radical (unpaired) electrons. The Morgan fingerprint density at radius 3 is 2.93 bits per heavy atom. The van der Waals surface area contributed by atoms with Crippen LogP contribution in [0.25, 0.3) is 0 Å². The van der Waals surface area contributed by atoms with Crippen molar-refractivity contribution in [2.24, 2.45) is 4.99 Å². The Morgan fingerprint density at radius 2 is 2.20 bits per heavy atom. The number of nitrogens with one attached hydrogen (secondary N) is 2. The number of halogens is 3. The van der Waals surface area contributed by atoms with Crippen molar-refractivity contribution in [1.29, 1.82) is 0 Å². The molecule has 166 valence electrons. The van der Waals surface area contributed by atoms with Crippen LogP contribution in [0.1, 0.15) is 25.0 Å². The molecule has 30 heavy (non-hydrogen) atoms. The first-order valence-corrected chi connectivity index (χ1v) is 9.63. The predicted octanol–water partition coefficient (Wildman–Crippen LogP) is 2.27. The Bertz CT molecular complexity index is 848. The molecule has 1 aromatic heterocycles. The van der Waals surface area contributed by atoms with Crippen molar-refractivity contribution in [3.05, 3.63) is 41.5 Å². The van der Waals surface area contributed by atoms with Crippen LogP contribution in [0.2, 0.25) is 0 Å². The fraction of sp³-hybridized carbons (Fsp3) is 0.526. The molecule has 0 bridgehead atoms. The number of aryl methyl sites for hydroxylation is 1. The highest BCUT2D eigenvalue weighted by Crippen LogP contribution is 2.17. The molecule has 1 aliphatic heterocycles. The van der Waals surface area contributed by atoms with Gasteiger partial charge >= 0.3 is 0 Å². The van der Waals surface area contributed by atoms with Gasteiger partial charge in [0.25, 0.3) is 0 Å². The van der Waals surface area contributed by atoms with Crippen LogP contribution < -0.4 is 15.4 Å². The molecule has 2 N–H and O–H groups in total. The van der Waals surface area contributed by atoms with Crippen LogP contribution in [0.5, 0.6) is 5.75 Å². The van der Waals surface area contributed by atoms with E-state index >= 15 is 0 Å². The lowest BCUT2D eigenvalue weighted by Crippen LogP contribution is -2.47. The molecule has 11 heteroatoms. The number of fused-ring (bicyclic) bond motifs is 1. The minimum absolute atomic E-state index is 0. The summed E-state index contributed by atoms with van der Waals surface area (Å²) < 4.78 is 38.9. The summed E-state index contributed by atoms with van der Waals surface area (Å²) in [6, 6.07) is 3.39. The molecule has 1 aliphatic rings.